The first-order valence-corrected chi connectivity index (χ1v) is 10.6. The maximum atomic E-state index is 12.2. The molecule has 0 bridgehead atoms. The van der Waals surface area contributed by atoms with Crippen molar-refractivity contribution < 1.29 is 38.9 Å². The van der Waals surface area contributed by atoms with Crippen LogP contribution in [-0.2, 0) is 32.0 Å². The molecule has 0 saturated carbocycles. The van der Waals surface area contributed by atoms with Gasteiger partial charge in [-0.2, -0.15) is 0 Å². The third kappa shape index (κ3) is 8.05. The Balaban J connectivity index is 2.40. The molecule has 0 unspecified atom stereocenters. The molecule has 0 aromatic heterocycles. The minimum absolute atomic E-state index is 0.259. The largest absolute Gasteiger partial charge is 0.481 e. The van der Waals surface area contributed by atoms with Crippen molar-refractivity contribution in [3.63, 3.8) is 0 Å². The second-order valence-corrected chi connectivity index (χ2v) is 7.37. The van der Waals surface area contributed by atoms with Crippen molar-refractivity contribution in [2.45, 2.75) is 38.5 Å². The SMILES string of the molecule is C=CCc1ccc(OC(=O)CCC(=O)O)c(-c2ccc(OC(=O)CCC(=O)O)c(CC=C)c2)c1. The number of hydrogen-bond acceptors (Lipinski definition) is 6. The molecule has 0 radical (unpaired) electrons. The number of carbonyl (C=O) groups excluding carboxylic acids is 2. The van der Waals surface area contributed by atoms with Gasteiger partial charge in [-0.25, -0.2) is 0 Å². The molecule has 0 aliphatic rings. The molecule has 0 spiro atoms. The van der Waals surface area contributed by atoms with Crippen molar-refractivity contribution in [2.24, 2.45) is 0 Å². The van der Waals surface area contributed by atoms with E-state index in [-0.39, 0.29) is 37.2 Å². The Labute approximate surface area is 197 Å². The lowest BCUT2D eigenvalue weighted by atomic mass is 9.97. The third-order valence-corrected chi connectivity index (χ3v) is 4.69. The average Bonchev–Trinajstić information content (AvgIpc) is 2.79. The van der Waals surface area contributed by atoms with Gasteiger partial charge in [0, 0.05) is 5.56 Å². The summed E-state index contributed by atoms with van der Waals surface area (Å²) >= 11 is 0. The second-order valence-electron chi connectivity index (χ2n) is 7.37. The van der Waals surface area contributed by atoms with Crippen LogP contribution >= 0.6 is 0 Å². The first kappa shape index (κ1) is 26.1. The van der Waals surface area contributed by atoms with E-state index in [0.29, 0.717) is 29.5 Å². The quantitative estimate of drug-likeness (QED) is 0.253. The van der Waals surface area contributed by atoms with Crippen LogP contribution in [0.25, 0.3) is 11.1 Å². The lowest BCUT2D eigenvalue weighted by Crippen LogP contribution is -2.12. The Hall–Kier alpha value is -4.20. The molecule has 2 rings (SSSR count). The Morgan fingerprint density at radius 2 is 1.29 bits per heavy atom. The predicted molar refractivity (Wildman–Crippen MR) is 125 cm³/mol. The van der Waals surface area contributed by atoms with E-state index in [2.05, 4.69) is 13.2 Å². The smallest absolute Gasteiger partial charge is 0.311 e. The monoisotopic (exact) mass is 466 g/mol. The van der Waals surface area contributed by atoms with Gasteiger partial charge in [-0.05, 0) is 53.8 Å². The van der Waals surface area contributed by atoms with Crippen LogP contribution in [0.3, 0.4) is 0 Å². The zero-order chi connectivity index (χ0) is 25.1. The number of carbonyl (C=O) groups is 4. The number of hydrogen-bond donors (Lipinski definition) is 2. The van der Waals surface area contributed by atoms with E-state index in [0.717, 1.165) is 5.56 Å². The number of ether oxygens (including phenoxy) is 2. The molecule has 0 atom stereocenters. The Morgan fingerprint density at radius 3 is 1.85 bits per heavy atom. The number of rotatable bonds is 13. The van der Waals surface area contributed by atoms with Gasteiger partial charge in [0.05, 0.1) is 25.7 Å². The molecule has 2 aromatic rings. The van der Waals surface area contributed by atoms with Crippen molar-refractivity contribution in [2.75, 3.05) is 0 Å². The van der Waals surface area contributed by atoms with Gasteiger partial charge in [0.2, 0.25) is 0 Å². The van der Waals surface area contributed by atoms with Crippen molar-refractivity contribution in [1.29, 1.82) is 0 Å². The number of allylic oxidation sites excluding steroid dienone is 2. The van der Waals surface area contributed by atoms with E-state index in [9.17, 15) is 19.2 Å². The van der Waals surface area contributed by atoms with Crippen LogP contribution in [0.1, 0.15) is 36.8 Å². The normalized spacial score (nSPS) is 10.2. The summed E-state index contributed by atoms with van der Waals surface area (Å²) in [6, 6.07) is 10.3. The van der Waals surface area contributed by atoms with Gasteiger partial charge in [-0.3, -0.25) is 19.2 Å². The fourth-order valence-corrected chi connectivity index (χ4v) is 3.11. The molecule has 0 aliphatic heterocycles. The Morgan fingerprint density at radius 1 is 0.735 bits per heavy atom. The highest BCUT2D eigenvalue weighted by molar-refractivity contribution is 5.82. The molecule has 0 amide bonds. The Bertz CT molecular complexity index is 1100. The molecule has 2 N–H and O–H groups in total. The molecule has 0 fully saturated rings. The van der Waals surface area contributed by atoms with Crippen molar-refractivity contribution in [1.82, 2.24) is 0 Å². The van der Waals surface area contributed by atoms with E-state index in [1.165, 1.54) is 0 Å². The molecule has 2 aromatic carbocycles. The van der Waals surface area contributed by atoms with Gasteiger partial charge in [-0.15, -0.1) is 13.2 Å². The summed E-state index contributed by atoms with van der Waals surface area (Å²) in [4.78, 5) is 45.6. The van der Waals surface area contributed by atoms with Crippen LogP contribution < -0.4 is 9.47 Å². The van der Waals surface area contributed by atoms with Crippen LogP contribution in [-0.4, -0.2) is 34.1 Å². The molecular weight excluding hydrogens is 440 g/mol. The average molecular weight is 466 g/mol. The molecule has 0 heterocycles. The van der Waals surface area contributed by atoms with Crippen LogP contribution in [0.15, 0.2) is 61.7 Å². The molecule has 8 heteroatoms. The van der Waals surface area contributed by atoms with Gasteiger partial charge in [0.1, 0.15) is 11.5 Å². The fraction of sp³-hybridized carbons (Fsp3) is 0.231. The lowest BCUT2D eigenvalue weighted by Gasteiger charge is -2.15. The van der Waals surface area contributed by atoms with Gasteiger partial charge in [-0.1, -0.05) is 24.3 Å². The number of carboxylic acids is 2. The van der Waals surface area contributed by atoms with Gasteiger partial charge in [0.25, 0.3) is 0 Å². The summed E-state index contributed by atoms with van der Waals surface area (Å²) in [7, 11) is 0. The molecule has 0 aliphatic carbocycles. The standard InChI is InChI=1S/C26H26O8/c1-3-5-17-7-9-22(34-26(32)14-12-24(29)30)20(15-17)18-8-10-21(19(16-18)6-4-2)33-25(31)13-11-23(27)28/h3-4,7-10,15-16H,1-2,5-6,11-14H2,(H,27,28)(H,29,30). The van der Waals surface area contributed by atoms with Crippen molar-refractivity contribution in [3.8, 4) is 22.6 Å². The summed E-state index contributed by atoms with van der Waals surface area (Å²) in [5, 5.41) is 17.5. The molecule has 0 saturated heterocycles. The first-order valence-electron chi connectivity index (χ1n) is 10.6. The molecular formula is C26H26O8. The molecule has 8 nitrogen and oxygen atoms in total. The topological polar surface area (TPSA) is 127 Å². The zero-order valence-corrected chi connectivity index (χ0v) is 18.6. The number of esters is 2. The number of aliphatic carboxylic acids is 2. The minimum atomic E-state index is -1.10. The zero-order valence-electron chi connectivity index (χ0n) is 18.6. The summed E-state index contributed by atoms with van der Waals surface area (Å²) in [6.45, 7) is 7.46. The highest BCUT2D eigenvalue weighted by Gasteiger charge is 2.16. The van der Waals surface area contributed by atoms with E-state index in [1.807, 2.05) is 6.07 Å². The van der Waals surface area contributed by atoms with Crippen molar-refractivity contribution in [3.05, 3.63) is 72.8 Å². The Kier molecular flexibility index (Phi) is 9.76. The fourth-order valence-electron chi connectivity index (χ4n) is 3.11. The van der Waals surface area contributed by atoms with E-state index in [1.54, 1.807) is 42.5 Å². The minimum Gasteiger partial charge on any atom is -0.481 e. The van der Waals surface area contributed by atoms with Crippen LogP contribution in [0.5, 0.6) is 11.5 Å². The first-order chi connectivity index (χ1) is 16.2. The molecule has 34 heavy (non-hydrogen) atoms. The lowest BCUT2D eigenvalue weighted by molar-refractivity contribution is -0.142. The van der Waals surface area contributed by atoms with Gasteiger partial charge < -0.3 is 19.7 Å². The summed E-state index contributed by atoms with van der Waals surface area (Å²) in [6.07, 6.45) is 3.12. The third-order valence-electron chi connectivity index (χ3n) is 4.69. The summed E-state index contributed by atoms with van der Waals surface area (Å²) < 4.78 is 10.8. The highest BCUT2D eigenvalue weighted by Crippen LogP contribution is 2.35. The number of carboxylic acid groups (broad SMARTS) is 2. The predicted octanol–water partition coefficient (Wildman–Crippen LogP) is 4.35. The number of benzene rings is 2. The second kappa shape index (κ2) is 12.7. The summed E-state index contributed by atoms with van der Waals surface area (Å²) in [5.41, 5.74) is 2.82. The summed E-state index contributed by atoms with van der Waals surface area (Å²) in [5.74, 6) is -2.98. The van der Waals surface area contributed by atoms with Gasteiger partial charge >= 0.3 is 23.9 Å². The van der Waals surface area contributed by atoms with Crippen LogP contribution in [0, 0.1) is 0 Å². The van der Waals surface area contributed by atoms with E-state index < -0.39 is 23.9 Å². The van der Waals surface area contributed by atoms with Crippen LogP contribution in [0.2, 0.25) is 0 Å². The van der Waals surface area contributed by atoms with E-state index in [4.69, 9.17) is 19.7 Å². The maximum absolute atomic E-state index is 12.2. The van der Waals surface area contributed by atoms with Crippen molar-refractivity contribution >= 4 is 23.9 Å². The highest BCUT2D eigenvalue weighted by atomic mass is 16.5. The van der Waals surface area contributed by atoms with Gasteiger partial charge in [0.15, 0.2) is 0 Å². The van der Waals surface area contributed by atoms with Crippen LogP contribution in [0.4, 0.5) is 0 Å². The van der Waals surface area contributed by atoms with E-state index >= 15 is 0 Å². The maximum Gasteiger partial charge on any atom is 0.311 e. The molecule has 178 valence electrons.